The molecule has 2 N–H and O–H groups in total. The van der Waals surface area contributed by atoms with Crippen LogP contribution < -0.4 is 0 Å². The zero-order valence-corrected chi connectivity index (χ0v) is 11.6. The minimum absolute atomic E-state index is 0.0143. The number of amides is 2. The number of aliphatic hydroxyl groups is 1. The molecule has 1 aliphatic heterocycles. The summed E-state index contributed by atoms with van der Waals surface area (Å²) in [5, 5.41) is 18.5. The van der Waals surface area contributed by atoms with Crippen molar-refractivity contribution in [1.82, 2.24) is 9.80 Å². The van der Waals surface area contributed by atoms with Crippen molar-refractivity contribution in [2.24, 2.45) is 0 Å². The van der Waals surface area contributed by atoms with E-state index in [4.69, 9.17) is 9.84 Å². The molecule has 2 atom stereocenters. The summed E-state index contributed by atoms with van der Waals surface area (Å²) in [6.45, 7) is 2.09. The van der Waals surface area contributed by atoms with Gasteiger partial charge in [0, 0.05) is 26.6 Å². The Morgan fingerprint density at radius 3 is 2.60 bits per heavy atom. The second kappa shape index (κ2) is 7.09. The van der Waals surface area contributed by atoms with E-state index >= 15 is 0 Å². The average Bonchev–Trinajstić information content (AvgIpc) is 2.77. The number of aliphatic carboxylic acids is 1. The molecule has 0 aliphatic carbocycles. The van der Waals surface area contributed by atoms with Gasteiger partial charge in [0.25, 0.3) is 0 Å². The molecule has 0 aromatic carbocycles. The summed E-state index contributed by atoms with van der Waals surface area (Å²) in [7, 11) is 1.48. The number of nitrogens with zero attached hydrogens (tertiary/aromatic N) is 2. The summed E-state index contributed by atoms with van der Waals surface area (Å²) in [4.78, 5) is 36.7. The molecule has 2 amide bonds. The molecule has 0 unspecified atom stereocenters. The molecule has 1 fully saturated rings. The molecule has 114 valence electrons. The lowest BCUT2D eigenvalue weighted by molar-refractivity contribution is -0.144. The highest BCUT2D eigenvalue weighted by atomic mass is 16.5. The molecule has 0 bridgehead atoms. The number of carbonyl (C=O) groups is 3. The normalized spacial score (nSPS) is 21.6. The Hall–Kier alpha value is -1.83. The average molecular weight is 288 g/mol. The third-order valence-corrected chi connectivity index (χ3v) is 3.09. The third kappa shape index (κ3) is 4.09. The van der Waals surface area contributed by atoms with Gasteiger partial charge in [-0.25, -0.2) is 9.59 Å². The number of aliphatic hydroxyl groups excluding tert-OH is 1. The fourth-order valence-corrected chi connectivity index (χ4v) is 2.07. The van der Waals surface area contributed by atoms with Crippen LogP contribution in [-0.4, -0.2) is 76.9 Å². The van der Waals surface area contributed by atoms with Crippen molar-refractivity contribution in [2.75, 3.05) is 26.7 Å². The van der Waals surface area contributed by atoms with Gasteiger partial charge in [-0.2, -0.15) is 0 Å². The van der Waals surface area contributed by atoms with E-state index in [2.05, 4.69) is 0 Å². The van der Waals surface area contributed by atoms with Crippen molar-refractivity contribution in [3.05, 3.63) is 0 Å². The first-order chi connectivity index (χ1) is 9.36. The smallest absolute Gasteiger partial charge is 0.326 e. The van der Waals surface area contributed by atoms with Crippen LogP contribution in [0.1, 0.15) is 19.8 Å². The molecule has 20 heavy (non-hydrogen) atoms. The molecule has 1 heterocycles. The number of ether oxygens (including phenoxy) is 1. The summed E-state index contributed by atoms with van der Waals surface area (Å²) in [6.07, 6.45) is -0.768. The van der Waals surface area contributed by atoms with Crippen LogP contribution in [0.3, 0.4) is 0 Å². The Bertz CT molecular complexity index is 386. The van der Waals surface area contributed by atoms with Gasteiger partial charge in [-0.05, 0) is 6.92 Å². The molecule has 0 saturated carbocycles. The van der Waals surface area contributed by atoms with Gasteiger partial charge in [-0.1, -0.05) is 0 Å². The molecular weight excluding hydrogens is 268 g/mol. The summed E-state index contributed by atoms with van der Waals surface area (Å²) in [6, 6.07) is -1.54. The number of β-amino-alcohol motifs (C(OH)–C–C–N with tert-alkyl or cyclic N) is 1. The number of urea groups is 1. The van der Waals surface area contributed by atoms with Crippen LogP contribution in [0.2, 0.25) is 0 Å². The molecule has 8 nitrogen and oxygen atoms in total. The third-order valence-electron chi connectivity index (χ3n) is 3.09. The Labute approximate surface area is 116 Å². The zero-order chi connectivity index (χ0) is 15.3. The monoisotopic (exact) mass is 288 g/mol. The minimum Gasteiger partial charge on any atom is -0.480 e. The van der Waals surface area contributed by atoms with E-state index in [-0.39, 0.29) is 32.5 Å². The molecule has 0 aromatic heterocycles. The summed E-state index contributed by atoms with van der Waals surface area (Å²) in [5.41, 5.74) is 0. The van der Waals surface area contributed by atoms with Crippen LogP contribution in [0.15, 0.2) is 0 Å². The van der Waals surface area contributed by atoms with Gasteiger partial charge in [0.1, 0.15) is 6.04 Å². The number of hydrogen-bond donors (Lipinski definition) is 2. The van der Waals surface area contributed by atoms with Gasteiger partial charge in [-0.3, -0.25) is 4.79 Å². The Morgan fingerprint density at radius 2 is 2.05 bits per heavy atom. The highest BCUT2D eigenvalue weighted by molar-refractivity contribution is 5.83. The number of carboxylic acids is 1. The SMILES string of the molecule is CCOC(=O)CCN(C)C(=O)N1C[C@H](O)C[C@@H]1C(=O)O. The fourth-order valence-electron chi connectivity index (χ4n) is 2.07. The zero-order valence-electron chi connectivity index (χ0n) is 11.6. The second-order valence-corrected chi connectivity index (χ2v) is 4.66. The molecular formula is C12H20N2O6. The number of carbonyl (C=O) groups excluding carboxylic acids is 2. The van der Waals surface area contributed by atoms with Crippen molar-refractivity contribution < 1.29 is 29.3 Å². The highest BCUT2D eigenvalue weighted by Gasteiger charge is 2.40. The lowest BCUT2D eigenvalue weighted by atomic mass is 10.2. The number of hydrogen-bond acceptors (Lipinski definition) is 5. The highest BCUT2D eigenvalue weighted by Crippen LogP contribution is 2.19. The molecule has 8 heteroatoms. The maximum absolute atomic E-state index is 12.1. The lowest BCUT2D eigenvalue weighted by Gasteiger charge is -2.27. The van der Waals surface area contributed by atoms with E-state index in [1.54, 1.807) is 6.92 Å². The summed E-state index contributed by atoms with van der Waals surface area (Å²) < 4.78 is 4.75. The lowest BCUT2D eigenvalue weighted by Crippen LogP contribution is -2.47. The Morgan fingerprint density at radius 1 is 1.40 bits per heavy atom. The van der Waals surface area contributed by atoms with Crippen LogP contribution in [0.5, 0.6) is 0 Å². The van der Waals surface area contributed by atoms with Gasteiger partial charge in [-0.15, -0.1) is 0 Å². The molecule has 0 aromatic rings. The standard InChI is InChI=1S/C12H20N2O6/c1-3-20-10(16)4-5-13(2)12(19)14-7-8(15)6-9(14)11(17)18/h8-9,15H,3-7H2,1-2H3,(H,17,18)/t8-,9-/m1/s1. The van der Waals surface area contributed by atoms with Gasteiger partial charge < -0.3 is 24.7 Å². The van der Waals surface area contributed by atoms with E-state index in [0.717, 1.165) is 4.90 Å². The maximum Gasteiger partial charge on any atom is 0.326 e. The van der Waals surface area contributed by atoms with Crippen LogP contribution in [-0.2, 0) is 14.3 Å². The van der Waals surface area contributed by atoms with Crippen LogP contribution in [0.4, 0.5) is 4.79 Å². The van der Waals surface area contributed by atoms with E-state index < -0.39 is 30.1 Å². The number of likely N-dealkylation sites (tertiary alicyclic amines) is 1. The van der Waals surface area contributed by atoms with E-state index in [0.29, 0.717) is 0 Å². The van der Waals surface area contributed by atoms with Crippen LogP contribution in [0.25, 0.3) is 0 Å². The molecule has 1 aliphatic rings. The van der Waals surface area contributed by atoms with E-state index in [1.165, 1.54) is 11.9 Å². The number of carboxylic acid groups (broad SMARTS) is 1. The van der Waals surface area contributed by atoms with Crippen molar-refractivity contribution in [3.8, 4) is 0 Å². The number of esters is 1. The van der Waals surface area contributed by atoms with Gasteiger partial charge in [0.15, 0.2) is 0 Å². The van der Waals surface area contributed by atoms with Crippen LogP contribution in [0, 0.1) is 0 Å². The van der Waals surface area contributed by atoms with Gasteiger partial charge in [0.2, 0.25) is 0 Å². The topological polar surface area (TPSA) is 107 Å². The molecule has 0 radical (unpaired) electrons. The predicted octanol–water partition coefficient (Wildman–Crippen LogP) is -0.489. The van der Waals surface area contributed by atoms with Crippen molar-refractivity contribution in [1.29, 1.82) is 0 Å². The van der Waals surface area contributed by atoms with E-state index in [9.17, 15) is 19.5 Å². The Kier molecular flexibility index (Phi) is 5.75. The summed E-state index contributed by atoms with van der Waals surface area (Å²) >= 11 is 0. The first-order valence-electron chi connectivity index (χ1n) is 6.45. The largest absolute Gasteiger partial charge is 0.480 e. The van der Waals surface area contributed by atoms with Crippen LogP contribution >= 0.6 is 0 Å². The molecule has 1 rings (SSSR count). The predicted molar refractivity (Wildman–Crippen MR) is 68.0 cm³/mol. The minimum atomic E-state index is -1.14. The fraction of sp³-hybridized carbons (Fsp3) is 0.750. The van der Waals surface area contributed by atoms with Gasteiger partial charge in [0.05, 0.1) is 19.1 Å². The summed E-state index contributed by atoms with van der Waals surface area (Å²) in [5.74, 6) is -1.56. The van der Waals surface area contributed by atoms with Gasteiger partial charge >= 0.3 is 18.0 Å². The number of rotatable bonds is 5. The van der Waals surface area contributed by atoms with Crippen molar-refractivity contribution in [3.63, 3.8) is 0 Å². The molecule has 0 spiro atoms. The molecule has 1 saturated heterocycles. The maximum atomic E-state index is 12.1. The first kappa shape index (κ1) is 16.2. The van der Waals surface area contributed by atoms with Crippen molar-refractivity contribution in [2.45, 2.75) is 31.9 Å². The Balaban J connectivity index is 2.55. The van der Waals surface area contributed by atoms with E-state index in [1.807, 2.05) is 0 Å². The first-order valence-corrected chi connectivity index (χ1v) is 6.45. The quantitative estimate of drug-likeness (QED) is 0.661. The van der Waals surface area contributed by atoms with Crippen molar-refractivity contribution >= 4 is 18.0 Å². The second-order valence-electron chi connectivity index (χ2n) is 4.66.